The minimum absolute atomic E-state index is 0.0118. The number of nitrogens with zero attached hydrogens (tertiary/aromatic N) is 2. The Balaban J connectivity index is 1.12. The third-order valence-corrected chi connectivity index (χ3v) is 11.3. The van der Waals surface area contributed by atoms with E-state index in [9.17, 15) is 0 Å². The van der Waals surface area contributed by atoms with Crippen LogP contribution in [0.3, 0.4) is 0 Å². The molecule has 0 radical (unpaired) electrons. The molecule has 0 aromatic heterocycles. The van der Waals surface area contributed by atoms with Gasteiger partial charge in [-0.25, -0.2) is 9.78 Å². The maximum Gasteiger partial charge on any atom is 0.201 e. The largest absolute Gasteiger partial charge is 0.355 e. The third kappa shape index (κ3) is 4.34. The van der Waals surface area contributed by atoms with Gasteiger partial charge in [0.15, 0.2) is 11.9 Å². The number of ether oxygens (including phenoxy) is 2. The molecule has 6 aliphatic rings. The molecule has 1 aliphatic carbocycles. The molecule has 9 heteroatoms. The molecule has 6 nitrogen and oxygen atoms in total. The molecule has 1 spiro atoms. The molecule has 5 heterocycles. The average molecular weight is 553 g/mol. The summed E-state index contributed by atoms with van der Waals surface area (Å²) in [7, 11) is 0. The van der Waals surface area contributed by atoms with E-state index in [1.165, 1.54) is 6.42 Å². The van der Waals surface area contributed by atoms with Crippen molar-refractivity contribution in [3.63, 3.8) is 0 Å². The molecule has 1 aromatic carbocycles. The Labute approximate surface area is 229 Å². The van der Waals surface area contributed by atoms with Gasteiger partial charge in [0, 0.05) is 55.2 Å². The average Bonchev–Trinajstić information content (AvgIpc) is 3.11. The smallest absolute Gasteiger partial charge is 0.201 e. The van der Waals surface area contributed by atoms with E-state index in [0.29, 0.717) is 23.7 Å². The van der Waals surface area contributed by atoms with Crippen molar-refractivity contribution in [1.29, 1.82) is 0 Å². The fraction of sp³-hybridized carbons (Fsp3) is 0.741. The van der Waals surface area contributed by atoms with Crippen LogP contribution in [-0.2, 0) is 25.0 Å². The highest BCUT2D eigenvalue weighted by atomic mass is 35.5. The zero-order valence-corrected chi connectivity index (χ0v) is 23.7. The summed E-state index contributed by atoms with van der Waals surface area (Å²) in [4.78, 5) is 17.1. The van der Waals surface area contributed by atoms with Crippen molar-refractivity contribution in [2.75, 3.05) is 26.2 Å². The quantitative estimate of drug-likeness (QED) is 0.350. The molecule has 0 unspecified atom stereocenters. The number of halogens is 1. The number of piperazine rings is 1. The van der Waals surface area contributed by atoms with Gasteiger partial charge in [-0.3, -0.25) is 4.90 Å². The van der Waals surface area contributed by atoms with E-state index in [2.05, 4.69) is 29.7 Å². The first-order valence-corrected chi connectivity index (χ1v) is 15.2. The molecule has 1 saturated carbocycles. The number of fused-ring (bicyclic) bond motifs is 2. The van der Waals surface area contributed by atoms with Crippen LogP contribution in [0.1, 0.15) is 52.0 Å². The van der Waals surface area contributed by atoms with Crippen LogP contribution in [0.25, 0.3) is 0 Å². The van der Waals surface area contributed by atoms with Crippen LogP contribution >= 0.6 is 35.6 Å². The fourth-order valence-electron chi connectivity index (χ4n) is 7.31. The Morgan fingerprint density at radius 3 is 2.64 bits per heavy atom. The van der Waals surface area contributed by atoms with E-state index in [0.717, 1.165) is 66.1 Å². The Bertz CT molecular complexity index is 994. The summed E-state index contributed by atoms with van der Waals surface area (Å²) in [5.41, 5.74) is 0.628. The highest BCUT2D eigenvalue weighted by molar-refractivity contribution is 8.22. The van der Waals surface area contributed by atoms with Crippen LogP contribution in [-0.4, -0.2) is 64.2 Å². The van der Waals surface area contributed by atoms with Gasteiger partial charge in [-0.2, -0.15) is 0 Å². The predicted octanol–water partition coefficient (Wildman–Crippen LogP) is 5.68. The number of hydrogen-bond donors (Lipinski definition) is 0. The first-order chi connectivity index (χ1) is 17.3. The molecule has 8 atom stereocenters. The maximum absolute atomic E-state index is 6.84. The molecule has 5 saturated heterocycles. The third-order valence-electron chi connectivity index (χ3n) is 9.36. The van der Waals surface area contributed by atoms with Gasteiger partial charge in [0.05, 0.1) is 0 Å². The topological polar surface area (TPSA) is 43.4 Å². The number of hydrogen-bond acceptors (Lipinski definition) is 7. The highest BCUT2D eigenvalue weighted by Gasteiger charge is 2.69. The molecule has 198 valence electrons. The first-order valence-electron chi connectivity index (χ1n) is 13.4. The minimum Gasteiger partial charge on any atom is -0.355 e. The van der Waals surface area contributed by atoms with Crippen LogP contribution in [0, 0.1) is 23.7 Å². The number of thiocarbonyl (C=S) groups is 1. The molecule has 5 aliphatic heterocycles. The van der Waals surface area contributed by atoms with E-state index in [1.807, 2.05) is 25.1 Å². The van der Waals surface area contributed by atoms with Gasteiger partial charge in [0.1, 0.15) is 10.5 Å². The Kier molecular flexibility index (Phi) is 7.13. The molecular weight excluding hydrogens is 516 g/mol. The minimum atomic E-state index is -0.730. The Morgan fingerprint density at radius 1 is 1.08 bits per heavy atom. The number of thioether (sulfide) groups is 1. The lowest BCUT2D eigenvalue weighted by Gasteiger charge is -2.61. The first kappa shape index (κ1) is 25.8. The summed E-state index contributed by atoms with van der Waals surface area (Å²) in [6, 6.07) is 7.99. The lowest BCUT2D eigenvalue weighted by molar-refractivity contribution is -0.574. The SMILES string of the molecule is C[C@H]1[C@H](N2CCN(C(=S)SCc3ccccc3Cl)CC2)O[C@@H]2O[C@@]3(C)CC[C@H]4[C@H](C)CC[C@@H]1[C@@]24OO3. The molecule has 1 aromatic rings. The number of rotatable bonds is 3. The van der Waals surface area contributed by atoms with Crippen molar-refractivity contribution in [3.8, 4) is 0 Å². The summed E-state index contributed by atoms with van der Waals surface area (Å²) in [6.07, 6.45) is 3.89. The van der Waals surface area contributed by atoms with Crippen molar-refractivity contribution < 1.29 is 19.2 Å². The molecule has 2 bridgehead atoms. The maximum atomic E-state index is 6.84. The molecule has 0 N–H and O–H groups in total. The summed E-state index contributed by atoms with van der Waals surface area (Å²) < 4.78 is 14.3. The molecule has 7 rings (SSSR count). The van der Waals surface area contributed by atoms with Gasteiger partial charge < -0.3 is 14.4 Å². The highest BCUT2D eigenvalue weighted by Crippen LogP contribution is 2.60. The van der Waals surface area contributed by atoms with Crippen LogP contribution in [0.2, 0.25) is 5.02 Å². The van der Waals surface area contributed by atoms with Crippen molar-refractivity contribution in [2.24, 2.45) is 23.7 Å². The zero-order chi connectivity index (χ0) is 25.1. The van der Waals surface area contributed by atoms with E-state index in [1.54, 1.807) is 11.8 Å². The van der Waals surface area contributed by atoms with E-state index < -0.39 is 11.4 Å². The number of benzene rings is 1. The standard InChI is InChI=1S/C27H37ClN2O4S2/c1-17-8-9-21-18(2)23(31-24-27(21)20(17)10-11-26(3,32-24)33-34-27)29-12-14-30(15-13-29)25(35)36-16-19-6-4-5-7-22(19)28/h4-7,17-18,20-21,23-24H,8-16H2,1-3H3/t17-,18-,20+,21+,23-,24-,26-,27-/m1/s1. The van der Waals surface area contributed by atoms with Gasteiger partial charge in [-0.05, 0) is 49.7 Å². The normalized spacial score (nSPS) is 42.6. The second kappa shape index (κ2) is 9.94. The predicted molar refractivity (Wildman–Crippen MR) is 145 cm³/mol. The van der Waals surface area contributed by atoms with Crippen LogP contribution in [0.4, 0.5) is 0 Å². The lowest BCUT2D eigenvalue weighted by atomic mass is 9.58. The van der Waals surface area contributed by atoms with Gasteiger partial charge in [-0.15, -0.1) is 0 Å². The van der Waals surface area contributed by atoms with E-state index in [-0.39, 0.29) is 12.5 Å². The fourth-order valence-corrected chi connectivity index (χ4v) is 8.85. The monoisotopic (exact) mass is 552 g/mol. The second-order valence-corrected chi connectivity index (χ2v) is 13.5. The molecular formula is C27H37ClN2O4S2. The van der Waals surface area contributed by atoms with E-state index in [4.69, 9.17) is 43.1 Å². The van der Waals surface area contributed by atoms with Crippen LogP contribution in [0.15, 0.2) is 24.3 Å². The second-order valence-electron chi connectivity index (χ2n) is 11.5. The molecule has 36 heavy (non-hydrogen) atoms. The summed E-state index contributed by atoms with van der Waals surface area (Å²) in [5, 5.41) is 0.802. The van der Waals surface area contributed by atoms with Gasteiger partial charge in [0.25, 0.3) is 0 Å². The van der Waals surface area contributed by atoms with Crippen molar-refractivity contribution >= 4 is 39.9 Å². The van der Waals surface area contributed by atoms with Crippen molar-refractivity contribution in [2.45, 2.75) is 76.1 Å². The van der Waals surface area contributed by atoms with Crippen molar-refractivity contribution in [1.82, 2.24) is 9.80 Å². The molecule has 0 amide bonds. The van der Waals surface area contributed by atoms with Crippen LogP contribution < -0.4 is 0 Å². The summed E-state index contributed by atoms with van der Waals surface area (Å²) in [5.74, 6) is 1.74. The van der Waals surface area contributed by atoms with E-state index >= 15 is 0 Å². The van der Waals surface area contributed by atoms with Gasteiger partial charge in [-0.1, -0.05) is 67.6 Å². The van der Waals surface area contributed by atoms with Crippen LogP contribution in [0.5, 0.6) is 0 Å². The zero-order valence-electron chi connectivity index (χ0n) is 21.4. The Hall–Kier alpha value is -0.450. The lowest BCUT2D eigenvalue weighted by Crippen LogP contribution is -2.72. The van der Waals surface area contributed by atoms with Crippen molar-refractivity contribution in [3.05, 3.63) is 34.9 Å². The van der Waals surface area contributed by atoms with Gasteiger partial charge in [0.2, 0.25) is 5.79 Å². The summed E-state index contributed by atoms with van der Waals surface area (Å²) >= 11 is 13.8. The molecule has 6 fully saturated rings. The van der Waals surface area contributed by atoms with Gasteiger partial charge >= 0.3 is 0 Å². The summed E-state index contributed by atoms with van der Waals surface area (Å²) in [6.45, 7) is 10.3. The Morgan fingerprint density at radius 2 is 1.86 bits per heavy atom.